The van der Waals surface area contributed by atoms with E-state index in [1.165, 1.54) is 89.0 Å². The van der Waals surface area contributed by atoms with Gasteiger partial charge >= 0.3 is 0 Å². The largest absolute Gasteiger partial charge is 0.176 e. The Kier molecular flexibility index (Phi) is 13.4. The lowest BCUT2D eigenvalue weighted by molar-refractivity contribution is 0.430. The molecule has 1 aromatic rings. The summed E-state index contributed by atoms with van der Waals surface area (Å²) in [5.74, 6) is 0.731. The van der Waals surface area contributed by atoms with Crippen molar-refractivity contribution in [3.63, 3.8) is 0 Å². The van der Waals surface area contributed by atoms with Gasteiger partial charge < -0.3 is 0 Å². The molecule has 0 spiro atoms. The van der Waals surface area contributed by atoms with E-state index in [0.29, 0.717) is 5.25 Å². The van der Waals surface area contributed by atoms with Crippen molar-refractivity contribution in [2.75, 3.05) is 0 Å². The fraction of sp³-hybridized carbons (Fsp3) is 0.739. The molecule has 0 amide bonds. The lowest BCUT2D eigenvalue weighted by atomic mass is 9.89. The predicted molar refractivity (Wildman–Crippen MR) is 113 cm³/mol. The second-order valence-electron chi connectivity index (χ2n) is 7.42. The quantitative estimate of drug-likeness (QED) is 0.242. The first-order valence-electron chi connectivity index (χ1n) is 10.5. The van der Waals surface area contributed by atoms with Gasteiger partial charge in [-0.05, 0) is 30.7 Å². The van der Waals surface area contributed by atoms with Crippen molar-refractivity contribution in [3.8, 4) is 0 Å². The van der Waals surface area contributed by atoms with Crippen LogP contribution in [-0.2, 0) is 6.42 Å². The first-order chi connectivity index (χ1) is 11.8. The number of hydrogen-bond donors (Lipinski definition) is 1. The van der Waals surface area contributed by atoms with Crippen LogP contribution in [0.1, 0.15) is 96.5 Å². The van der Waals surface area contributed by atoms with Crippen molar-refractivity contribution in [2.45, 2.75) is 103 Å². The average molecular weight is 349 g/mol. The molecule has 138 valence electrons. The monoisotopic (exact) mass is 348 g/mol. The molecule has 2 unspecified atom stereocenters. The highest BCUT2D eigenvalue weighted by molar-refractivity contribution is 7.81. The zero-order valence-corrected chi connectivity index (χ0v) is 17.1. The lowest BCUT2D eigenvalue weighted by Crippen LogP contribution is -2.18. The van der Waals surface area contributed by atoms with Gasteiger partial charge in [-0.1, -0.05) is 108 Å². The highest BCUT2D eigenvalue weighted by atomic mass is 32.1. The molecule has 0 nitrogen and oxygen atoms in total. The minimum Gasteiger partial charge on any atom is -0.176 e. The number of unbranched alkanes of at least 4 members (excludes halogenated alkanes) is 8. The molecule has 0 N–H and O–H groups in total. The van der Waals surface area contributed by atoms with Gasteiger partial charge in [-0.2, -0.15) is 12.6 Å². The van der Waals surface area contributed by atoms with E-state index in [1.807, 2.05) is 0 Å². The number of rotatable bonds is 15. The molecule has 0 heterocycles. The normalized spacial score (nSPS) is 13.8. The third-order valence-electron chi connectivity index (χ3n) is 5.15. The minimum absolute atomic E-state index is 0.565. The lowest BCUT2D eigenvalue weighted by Gasteiger charge is -2.23. The summed E-state index contributed by atoms with van der Waals surface area (Å²) >= 11 is 4.97. The summed E-state index contributed by atoms with van der Waals surface area (Å²) in [5.41, 5.74) is 1.47. The van der Waals surface area contributed by atoms with E-state index < -0.39 is 0 Å². The molecule has 0 radical (unpaired) electrons. The maximum atomic E-state index is 4.97. The Morgan fingerprint density at radius 3 is 1.88 bits per heavy atom. The van der Waals surface area contributed by atoms with Gasteiger partial charge in [0.15, 0.2) is 0 Å². The predicted octanol–water partition coefficient (Wildman–Crippen LogP) is 7.86. The van der Waals surface area contributed by atoms with E-state index in [-0.39, 0.29) is 0 Å². The second-order valence-corrected chi connectivity index (χ2v) is 8.09. The van der Waals surface area contributed by atoms with Gasteiger partial charge in [-0.15, -0.1) is 0 Å². The Hall–Kier alpha value is -0.430. The van der Waals surface area contributed by atoms with Gasteiger partial charge in [0.25, 0.3) is 0 Å². The fourth-order valence-electron chi connectivity index (χ4n) is 3.62. The molecular formula is C23H40S. The fourth-order valence-corrected chi connectivity index (χ4v) is 4.06. The van der Waals surface area contributed by atoms with Crippen molar-refractivity contribution in [1.82, 2.24) is 0 Å². The van der Waals surface area contributed by atoms with Crippen LogP contribution >= 0.6 is 12.6 Å². The molecule has 0 fully saturated rings. The van der Waals surface area contributed by atoms with Gasteiger partial charge in [0.2, 0.25) is 0 Å². The van der Waals surface area contributed by atoms with Crippen molar-refractivity contribution in [3.05, 3.63) is 35.9 Å². The molecule has 0 aliphatic rings. The number of hydrogen-bond acceptors (Lipinski definition) is 1. The van der Waals surface area contributed by atoms with Gasteiger partial charge in [0.1, 0.15) is 0 Å². The van der Waals surface area contributed by atoms with Crippen LogP contribution < -0.4 is 0 Å². The van der Waals surface area contributed by atoms with Gasteiger partial charge in [0, 0.05) is 5.25 Å². The SMILES string of the molecule is CCCCCCCCCCCC(S)C(CCC)Cc1ccccc1. The van der Waals surface area contributed by atoms with E-state index in [9.17, 15) is 0 Å². The molecule has 0 saturated heterocycles. The molecule has 1 aromatic carbocycles. The maximum absolute atomic E-state index is 4.97. The summed E-state index contributed by atoms with van der Waals surface area (Å²) < 4.78 is 0. The van der Waals surface area contributed by atoms with Crippen molar-refractivity contribution >= 4 is 12.6 Å². The molecule has 0 saturated carbocycles. The summed E-state index contributed by atoms with van der Waals surface area (Å²) in [6, 6.07) is 11.0. The van der Waals surface area contributed by atoms with E-state index >= 15 is 0 Å². The van der Waals surface area contributed by atoms with Crippen molar-refractivity contribution in [2.24, 2.45) is 5.92 Å². The van der Waals surface area contributed by atoms with Gasteiger partial charge in [0.05, 0.1) is 0 Å². The van der Waals surface area contributed by atoms with Crippen LogP contribution in [0.4, 0.5) is 0 Å². The van der Waals surface area contributed by atoms with Crippen LogP contribution in [-0.4, -0.2) is 5.25 Å². The molecule has 0 aliphatic heterocycles. The topological polar surface area (TPSA) is 0 Å². The Labute approximate surface area is 157 Å². The Balaban J connectivity index is 2.15. The van der Waals surface area contributed by atoms with Crippen molar-refractivity contribution < 1.29 is 0 Å². The first-order valence-corrected chi connectivity index (χ1v) is 11.0. The van der Waals surface area contributed by atoms with Crippen molar-refractivity contribution in [1.29, 1.82) is 0 Å². The molecule has 1 rings (SSSR count). The Morgan fingerprint density at radius 1 is 0.708 bits per heavy atom. The van der Waals surface area contributed by atoms with Crippen LogP contribution in [0, 0.1) is 5.92 Å². The van der Waals surface area contributed by atoms with Crippen LogP contribution in [0.5, 0.6) is 0 Å². The van der Waals surface area contributed by atoms with Crippen LogP contribution in [0.2, 0.25) is 0 Å². The standard InChI is InChI=1S/C23H40S/c1-3-5-6-7-8-9-10-11-15-19-23(24)22(16-4-2)20-21-17-13-12-14-18-21/h12-14,17-18,22-24H,3-11,15-16,19-20H2,1-2H3. The van der Waals surface area contributed by atoms with E-state index in [2.05, 4.69) is 44.2 Å². The Morgan fingerprint density at radius 2 is 1.29 bits per heavy atom. The summed E-state index contributed by atoms with van der Waals surface area (Å²) in [6.07, 6.45) is 17.8. The van der Waals surface area contributed by atoms with Crippen LogP contribution in [0.15, 0.2) is 30.3 Å². The summed E-state index contributed by atoms with van der Waals surface area (Å²) in [7, 11) is 0. The molecule has 0 bridgehead atoms. The number of thiol groups is 1. The highest BCUT2D eigenvalue weighted by Gasteiger charge is 2.17. The van der Waals surface area contributed by atoms with Crippen LogP contribution in [0.25, 0.3) is 0 Å². The first kappa shape index (κ1) is 21.6. The van der Waals surface area contributed by atoms with Gasteiger partial charge in [-0.3, -0.25) is 0 Å². The van der Waals surface area contributed by atoms with Gasteiger partial charge in [-0.25, -0.2) is 0 Å². The zero-order chi connectivity index (χ0) is 17.5. The molecule has 0 aromatic heterocycles. The minimum atomic E-state index is 0.565. The van der Waals surface area contributed by atoms with E-state index in [0.717, 1.165) is 5.92 Å². The molecule has 0 aliphatic carbocycles. The van der Waals surface area contributed by atoms with E-state index in [4.69, 9.17) is 12.6 Å². The molecular weight excluding hydrogens is 308 g/mol. The average Bonchev–Trinajstić information content (AvgIpc) is 2.60. The van der Waals surface area contributed by atoms with E-state index in [1.54, 1.807) is 0 Å². The second kappa shape index (κ2) is 14.9. The molecule has 24 heavy (non-hydrogen) atoms. The zero-order valence-electron chi connectivity index (χ0n) is 16.2. The van der Waals surface area contributed by atoms with Crippen LogP contribution in [0.3, 0.4) is 0 Å². The third kappa shape index (κ3) is 10.4. The Bertz CT molecular complexity index is 373. The summed E-state index contributed by atoms with van der Waals surface area (Å²) in [6.45, 7) is 4.59. The third-order valence-corrected chi connectivity index (χ3v) is 5.83. The maximum Gasteiger partial charge on any atom is 0.00482 e. The smallest absolute Gasteiger partial charge is 0.00482 e. The molecule has 1 heteroatoms. The number of benzene rings is 1. The highest BCUT2D eigenvalue weighted by Crippen LogP contribution is 2.26. The summed E-state index contributed by atoms with van der Waals surface area (Å²) in [5, 5.41) is 0.565. The summed E-state index contributed by atoms with van der Waals surface area (Å²) in [4.78, 5) is 0. The molecule has 2 atom stereocenters.